The van der Waals surface area contributed by atoms with Crippen molar-refractivity contribution in [3.05, 3.63) is 22.4 Å². The fraction of sp³-hybridized carbons (Fsp3) is 0.667. The lowest BCUT2D eigenvalue weighted by molar-refractivity contribution is 0.129. The number of ether oxygens (including phenoxy) is 1. The van der Waals surface area contributed by atoms with Gasteiger partial charge < -0.3 is 10.1 Å². The molecule has 0 aliphatic heterocycles. The summed E-state index contributed by atoms with van der Waals surface area (Å²) < 4.78 is 5.47. The summed E-state index contributed by atoms with van der Waals surface area (Å²) in [5.41, 5.74) is 1.38. The molecule has 0 amide bonds. The van der Waals surface area contributed by atoms with Crippen LogP contribution in [-0.2, 0) is 11.3 Å². The van der Waals surface area contributed by atoms with Crippen LogP contribution in [0.25, 0.3) is 0 Å². The van der Waals surface area contributed by atoms with Crippen molar-refractivity contribution in [3.63, 3.8) is 0 Å². The Labute approximate surface area is 96.7 Å². The Morgan fingerprint density at radius 2 is 2.20 bits per heavy atom. The summed E-state index contributed by atoms with van der Waals surface area (Å²) in [4.78, 5) is 0. The minimum Gasteiger partial charge on any atom is -0.381 e. The third kappa shape index (κ3) is 6.66. The maximum absolute atomic E-state index is 5.47. The quantitative estimate of drug-likeness (QED) is 0.655. The van der Waals surface area contributed by atoms with Gasteiger partial charge in [0.1, 0.15) is 0 Å². The minimum atomic E-state index is 0.886. The molecule has 0 aromatic carbocycles. The summed E-state index contributed by atoms with van der Waals surface area (Å²) in [6, 6.07) is 2.16. The topological polar surface area (TPSA) is 21.3 Å². The van der Waals surface area contributed by atoms with Gasteiger partial charge in [0.25, 0.3) is 0 Å². The van der Waals surface area contributed by atoms with Crippen LogP contribution in [0.5, 0.6) is 0 Å². The molecular weight excluding hydrogens is 206 g/mol. The first-order valence-electron chi connectivity index (χ1n) is 5.73. The normalized spacial score (nSPS) is 10.7. The molecule has 1 rings (SSSR count). The molecule has 0 spiro atoms. The molecule has 0 aliphatic rings. The monoisotopic (exact) mass is 227 g/mol. The molecular formula is C12H21NOS. The number of hydrogen-bond acceptors (Lipinski definition) is 3. The number of rotatable bonds is 9. The first-order chi connectivity index (χ1) is 7.43. The smallest absolute Gasteiger partial charge is 0.0478 e. The van der Waals surface area contributed by atoms with E-state index in [0.29, 0.717) is 0 Å². The highest BCUT2D eigenvalue weighted by molar-refractivity contribution is 7.07. The van der Waals surface area contributed by atoms with E-state index in [1.165, 1.54) is 18.4 Å². The standard InChI is InChI=1S/C12H21NOS/c1-2-3-7-14-8-4-6-13-10-12-5-9-15-11-12/h5,9,11,13H,2-4,6-8,10H2,1H3. The molecule has 1 aromatic rings. The average molecular weight is 227 g/mol. The predicted octanol–water partition coefficient (Wildman–Crippen LogP) is 3.04. The van der Waals surface area contributed by atoms with Gasteiger partial charge in [-0.15, -0.1) is 0 Å². The Morgan fingerprint density at radius 3 is 2.93 bits per heavy atom. The molecule has 2 nitrogen and oxygen atoms in total. The van der Waals surface area contributed by atoms with E-state index in [4.69, 9.17) is 4.74 Å². The van der Waals surface area contributed by atoms with Gasteiger partial charge in [-0.1, -0.05) is 13.3 Å². The van der Waals surface area contributed by atoms with E-state index in [2.05, 4.69) is 29.1 Å². The van der Waals surface area contributed by atoms with Crippen molar-refractivity contribution in [2.45, 2.75) is 32.7 Å². The molecule has 1 aromatic heterocycles. The second-order valence-corrected chi connectivity index (χ2v) is 4.41. The molecule has 15 heavy (non-hydrogen) atoms. The number of thiophene rings is 1. The van der Waals surface area contributed by atoms with Crippen LogP contribution in [0, 0.1) is 0 Å². The molecule has 0 atom stereocenters. The maximum Gasteiger partial charge on any atom is 0.0478 e. The summed E-state index contributed by atoms with van der Waals surface area (Å²) in [5, 5.41) is 7.71. The lowest BCUT2D eigenvalue weighted by atomic mass is 10.3. The van der Waals surface area contributed by atoms with Gasteiger partial charge >= 0.3 is 0 Å². The highest BCUT2D eigenvalue weighted by Gasteiger charge is 1.92. The van der Waals surface area contributed by atoms with E-state index >= 15 is 0 Å². The summed E-state index contributed by atoms with van der Waals surface area (Å²) in [6.45, 7) is 6.02. The van der Waals surface area contributed by atoms with Gasteiger partial charge in [-0.2, -0.15) is 11.3 Å². The summed E-state index contributed by atoms with van der Waals surface area (Å²) in [6.07, 6.45) is 3.51. The van der Waals surface area contributed by atoms with Crippen molar-refractivity contribution in [1.29, 1.82) is 0 Å². The highest BCUT2D eigenvalue weighted by atomic mass is 32.1. The molecule has 0 fully saturated rings. The Bertz CT molecular complexity index is 224. The average Bonchev–Trinajstić information content (AvgIpc) is 2.75. The molecule has 0 saturated carbocycles. The van der Waals surface area contributed by atoms with Crippen molar-refractivity contribution in [3.8, 4) is 0 Å². The molecule has 0 radical (unpaired) electrons. The Kier molecular flexibility index (Phi) is 7.52. The third-order valence-electron chi connectivity index (χ3n) is 2.19. The molecule has 0 aliphatic carbocycles. The second kappa shape index (κ2) is 8.89. The van der Waals surface area contributed by atoms with Crippen LogP contribution in [0.1, 0.15) is 31.7 Å². The van der Waals surface area contributed by atoms with Crippen LogP contribution in [0.15, 0.2) is 16.8 Å². The second-order valence-electron chi connectivity index (χ2n) is 3.63. The van der Waals surface area contributed by atoms with Gasteiger partial charge in [-0.05, 0) is 41.8 Å². The van der Waals surface area contributed by atoms with Crippen molar-refractivity contribution in [2.24, 2.45) is 0 Å². The van der Waals surface area contributed by atoms with Gasteiger partial charge in [0.2, 0.25) is 0 Å². The number of hydrogen-bond donors (Lipinski definition) is 1. The number of unbranched alkanes of at least 4 members (excludes halogenated alkanes) is 1. The molecule has 1 heterocycles. The SMILES string of the molecule is CCCCOCCCNCc1ccsc1. The van der Waals surface area contributed by atoms with Gasteiger partial charge in [0, 0.05) is 19.8 Å². The van der Waals surface area contributed by atoms with Crippen molar-refractivity contribution in [2.75, 3.05) is 19.8 Å². The van der Waals surface area contributed by atoms with Gasteiger partial charge in [0.05, 0.1) is 0 Å². The van der Waals surface area contributed by atoms with Gasteiger partial charge in [-0.25, -0.2) is 0 Å². The van der Waals surface area contributed by atoms with E-state index in [9.17, 15) is 0 Å². The van der Waals surface area contributed by atoms with E-state index < -0.39 is 0 Å². The van der Waals surface area contributed by atoms with Crippen LogP contribution in [0.2, 0.25) is 0 Å². The van der Waals surface area contributed by atoms with E-state index in [0.717, 1.165) is 32.7 Å². The summed E-state index contributed by atoms with van der Waals surface area (Å²) >= 11 is 1.75. The Balaban J connectivity index is 1.81. The molecule has 1 N–H and O–H groups in total. The van der Waals surface area contributed by atoms with Crippen molar-refractivity contribution >= 4 is 11.3 Å². The van der Waals surface area contributed by atoms with Crippen LogP contribution < -0.4 is 5.32 Å². The van der Waals surface area contributed by atoms with Crippen molar-refractivity contribution in [1.82, 2.24) is 5.32 Å². The largest absolute Gasteiger partial charge is 0.381 e. The van der Waals surface area contributed by atoms with Crippen LogP contribution >= 0.6 is 11.3 Å². The maximum atomic E-state index is 5.47. The molecule has 3 heteroatoms. The fourth-order valence-corrected chi connectivity index (χ4v) is 1.94. The zero-order chi connectivity index (χ0) is 10.8. The lowest BCUT2D eigenvalue weighted by Gasteiger charge is -2.04. The zero-order valence-corrected chi connectivity index (χ0v) is 10.3. The van der Waals surface area contributed by atoms with Crippen LogP contribution in [-0.4, -0.2) is 19.8 Å². The minimum absolute atomic E-state index is 0.886. The number of nitrogens with one attached hydrogen (secondary N) is 1. The lowest BCUT2D eigenvalue weighted by Crippen LogP contribution is -2.16. The molecule has 0 saturated heterocycles. The van der Waals surface area contributed by atoms with Crippen molar-refractivity contribution < 1.29 is 4.74 Å². The highest BCUT2D eigenvalue weighted by Crippen LogP contribution is 2.04. The summed E-state index contributed by atoms with van der Waals surface area (Å²) in [7, 11) is 0. The fourth-order valence-electron chi connectivity index (χ4n) is 1.27. The zero-order valence-electron chi connectivity index (χ0n) is 9.50. The first-order valence-corrected chi connectivity index (χ1v) is 6.67. The van der Waals surface area contributed by atoms with Crippen LogP contribution in [0.3, 0.4) is 0 Å². The van der Waals surface area contributed by atoms with Gasteiger partial charge in [-0.3, -0.25) is 0 Å². The van der Waals surface area contributed by atoms with E-state index in [-0.39, 0.29) is 0 Å². The Hall–Kier alpha value is -0.380. The van der Waals surface area contributed by atoms with Gasteiger partial charge in [0.15, 0.2) is 0 Å². The summed E-state index contributed by atoms with van der Waals surface area (Å²) in [5.74, 6) is 0. The first kappa shape index (κ1) is 12.7. The third-order valence-corrected chi connectivity index (χ3v) is 2.93. The predicted molar refractivity (Wildman–Crippen MR) is 66.4 cm³/mol. The van der Waals surface area contributed by atoms with E-state index in [1.54, 1.807) is 11.3 Å². The van der Waals surface area contributed by atoms with Crippen LogP contribution in [0.4, 0.5) is 0 Å². The Morgan fingerprint density at radius 1 is 1.33 bits per heavy atom. The molecule has 0 unspecified atom stereocenters. The molecule has 86 valence electrons. The van der Waals surface area contributed by atoms with E-state index in [1.807, 2.05) is 0 Å². The molecule has 0 bridgehead atoms.